The van der Waals surface area contributed by atoms with Gasteiger partial charge < -0.3 is 0 Å². The standard InChI is InChI=1S/AsH3.GeH4.H2SeSi.H2Te/c;;1-2;/h1H3;1H4;2H2;1H2. The molecule has 0 amide bonds. The van der Waals surface area contributed by atoms with Gasteiger partial charge in [0, 0.05) is 0 Å². The molecular formula is H11AsGeSeSiTe. The maximum absolute atomic E-state index is 2.65. The van der Waals surface area contributed by atoms with Crippen molar-refractivity contribution >= 4 is 82.5 Å². The molecule has 0 aromatic rings. The van der Waals surface area contributed by atoms with Gasteiger partial charge >= 0.3 is 82.5 Å². The first kappa shape index (κ1) is 25.5. The molecule has 1 atom stereocenters. The van der Waals surface area contributed by atoms with E-state index in [-0.39, 0.29) is 59.2 Å². The number of rotatable bonds is 0. The molecule has 36 valence electrons. The normalized spacial score (nSPS) is 0.800. The van der Waals surface area contributed by atoms with Gasteiger partial charge in [-0.05, 0) is 0 Å². The molecule has 5 heteroatoms. The minimum absolute atomic E-state index is 0. The van der Waals surface area contributed by atoms with Gasteiger partial charge in [0.05, 0.1) is 0 Å². The predicted molar refractivity (Wildman–Crippen MR) is 44.1 cm³/mol. The Morgan fingerprint density at radius 2 is 1.20 bits per heavy atom. The molecule has 1 unspecified atom stereocenters. The van der Waals surface area contributed by atoms with Crippen LogP contribution in [0.25, 0.3) is 0 Å². The van der Waals surface area contributed by atoms with E-state index in [0.29, 0.717) is 0 Å². The number of hydrogen-bond donors (Lipinski definition) is 0. The third-order valence-corrected chi connectivity index (χ3v) is 0. The molecule has 0 heterocycles. The molecule has 0 N–H and O–H groups in total. The monoisotopic (exact) mass is 398 g/mol. The second-order valence-corrected chi connectivity index (χ2v) is 0. The van der Waals surface area contributed by atoms with Crippen molar-refractivity contribution in [2.75, 3.05) is 0 Å². The van der Waals surface area contributed by atoms with E-state index in [1.165, 1.54) is 0 Å². The van der Waals surface area contributed by atoms with Crippen LogP contribution < -0.4 is 0 Å². The molecule has 0 radical (unpaired) electrons. The summed E-state index contributed by atoms with van der Waals surface area (Å²) in [6, 6.07) is 0. The average molecular weight is 393 g/mol. The first-order valence-corrected chi connectivity index (χ1v) is 4.50. The van der Waals surface area contributed by atoms with E-state index in [4.69, 9.17) is 0 Å². The van der Waals surface area contributed by atoms with Gasteiger partial charge in [0.25, 0.3) is 0 Å². The molecule has 0 saturated carbocycles. The van der Waals surface area contributed by atoms with Gasteiger partial charge in [-0.25, -0.2) is 0 Å². The van der Waals surface area contributed by atoms with Crippen molar-refractivity contribution in [2.45, 2.75) is 0 Å². The van der Waals surface area contributed by atoms with Gasteiger partial charge in [-0.1, -0.05) is 0 Å². The Balaban J connectivity index is -0.00000000167. The van der Waals surface area contributed by atoms with Crippen molar-refractivity contribution in [3.05, 3.63) is 0 Å². The Morgan fingerprint density at radius 3 is 1.20 bits per heavy atom. The summed E-state index contributed by atoms with van der Waals surface area (Å²) in [6.07, 6.45) is 0. The fourth-order valence-corrected chi connectivity index (χ4v) is 0. The molecule has 0 fully saturated rings. The fourth-order valence-electron chi connectivity index (χ4n) is 0. The van der Waals surface area contributed by atoms with Crippen molar-refractivity contribution < 1.29 is 0 Å². The molecule has 0 saturated heterocycles. The molecule has 0 aromatic carbocycles. The Labute approximate surface area is 81.4 Å². The van der Waals surface area contributed by atoms with Crippen LogP contribution in [0, 0.1) is 0 Å². The van der Waals surface area contributed by atoms with Gasteiger partial charge in [-0.3, -0.25) is 0 Å². The molecule has 0 nitrogen and oxygen atoms in total. The molecule has 0 aliphatic carbocycles. The van der Waals surface area contributed by atoms with Crippen LogP contribution >= 0.6 is 0 Å². The van der Waals surface area contributed by atoms with Crippen LogP contribution in [0.5, 0.6) is 0 Å². The summed E-state index contributed by atoms with van der Waals surface area (Å²) < 4.78 is 0. The third-order valence-electron chi connectivity index (χ3n) is 0. The van der Waals surface area contributed by atoms with Crippen molar-refractivity contribution in [3.63, 3.8) is 0 Å². The summed E-state index contributed by atoms with van der Waals surface area (Å²) in [6.45, 7) is 0. The second-order valence-electron chi connectivity index (χ2n) is 0. The molecule has 0 bridgehead atoms. The average Bonchev–Trinajstić information content (AvgIpc) is 1.00. The predicted octanol–water partition coefficient (Wildman–Crippen LogP) is -4.85. The van der Waals surface area contributed by atoms with Crippen LogP contribution in [0.3, 0.4) is 0 Å². The Kier molecular flexibility index (Phi) is 155. The quantitative estimate of drug-likeness (QED) is 0.363. The van der Waals surface area contributed by atoms with E-state index in [1.807, 2.05) is 0 Å². The van der Waals surface area contributed by atoms with E-state index in [0.717, 1.165) is 0 Å². The van der Waals surface area contributed by atoms with Crippen LogP contribution in [0.4, 0.5) is 0 Å². The number of hydrogen-bond acceptors (Lipinski definition) is 0. The summed E-state index contributed by atoms with van der Waals surface area (Å²) >= 11 is 2.65. The zero-order valence-corrected chi connectivity index (χ0v) is 11.3. The van der Waals surface area contributed by atoms with Gasteiger partial charge in [-0.2, -0.15) is 0 Å². The van der Waals surface area contributed by atoms with Gasteiger partial charge in [0.2, 0.25) is 0 Å². The maximum atomic E-state index is 2.65. The van der Waals surface area contributed by atoms with E-state index in [9.17, 15) is 0 Å². The third kappa shape index (κ3) is 20.6. The first-order valence-electron chi connectivity index (χ1n) is 0.289. The molecule has 0 aliphatic rings. The van der Waals surface area contributed by atoms with E-state index in [2.05, 4.69) is 14.9 Å². The summed E-state index contributed by atoms with van der Waals surface area (Å²) in [5, 5.41) is 0. The van der Waals surface area contributed by atoms with Crippen molar-refractivity contribution in [2.24, 2.45) is 0 Å². The Morgan fingerprint density at radius 1 is 1.20 bits per heavy atom. The van der Waals surface area contributed by atoms with Crippen LogP contribution in [0.15, 0.2) is 0 Å². The topological polar surface area (TPSA) is 0 Å². The van der Waals surface area contributed by atoms with Crippen molar-refractivity contribution in [1.29, 1.82) is 0 Å². The van der Waals surface area contributed by atoms with Crippen LogP contribution in [0.2, 0.25) is 0 Å². The van der Waals surface area contributed by atoms with Crippen LogP contribution in [-0.2, 0) is 0 Å². The summed E-state index contributed by atoms with van der Waals surface area (Å²) in [5.41, 5.74) is 0. The van der Waals surface area contributed by atoms with Crippen LogP contribution in [0.1, 0.15) is 0 Å². The minimum atomic E-state index is 0. The zero-order chi connectivity index (χ0) is 2.00. The molecule has 0 aromatic heterocycles. The van der Waals surface area contributed by atoms with E-state index >= 15 is 0 Å². The van der Waals surface area contributed by atoms with Crippen molar-refractivity contribution in [1.82, 2.24) is 0 Å². The molecule has 0 aliphatic heterocycles. The summed E-state index contributed by atoms with van der Waals surface area (Å²) in [7, 11) is 1.74. The summed E-state index contributed by atoms with van der Waals surface area (Å²) in [4.78, 5) is 0. The van der Waals surface area contributed by atoms with Gasteiger partial charge in [0.15, 0.2) is 0 Å². The second kappa shape index (κ2) is 30.4. The Hall–Kier alpha value is 2.63. The summed E-state index contributed by atoms with van der Waals surface area (Å²) in [5.74, 6) is 0. The SMILES string of the molecule is [AsH3].[GeH4].[SiH2]=[Se].[TeH2]. The first-order chi connectivity index (χ1) is 1.00. The fraction of sp³-hybridized carbons (Fsp3) is 0. The molecule has 0 spiro atoms. The van der Waals surface area contributed by atoms with Gasteiger partial charge in [-0.15, -0.1) is 0 Å². The van der Waals surface area contributed by atoms with Crippen molar-refractivity contribution in [3.8, 4) is 0 Å². The van der Waals surface area contributed by atoms with E-state index in [1.54, 1.807) is 8.39 Å². The molecule has 0 rings (SSSR count). The van der Waals surface area contributed by atoms with E-state index < -0.39 is 0 Å². The molecular weight excluding hydrogens is 382 g/mol. The van der Waals surface area contributed by atoms with Gasteiger partial charge in [0.1, 0.15) is 0 Å². The van der Waals surface area contributed by atoms with Crippen LogP contribution in [-0.4, -0.2) is 82.5 Å². The zero-order valence-electron chi connectivity index (χ0n) is 2.32. The molecule has 5 heavy (non-hydrogen) atoms. The Bertz CT molecular complexity index is 11.6.